The molecule has 0 radical (unpaired) electrons. The molecule has 7 heteroatoms. The van der Waals surface area contributed by atoms with Crippen molar-refractivity contribution in [1.82, 2.24) is 0 Å². The van der Waals surface area contributed by atoms with Gasteiger partial charge in [-0.1, -0.05) is 12.1 Å². The Balaban J connectivity index is 2.06. The summed E-state index contributed by atoms with van der Waals surface area (Å²) in [5.74, 6) is -2.23. The molecular weight excluding hydrogens is 264 g/mol. The third-order valence-electron chi connectivity index (χ3n) is 3.04. The number of primary amides is 1. The van der Waals surface area contributed by atoms with Gasteiger partial charge < -0.3 is 20.9 Å². The lowest BCUT2D eigenvalue weighted by Crippen LogP contribution is -2.30. The Morgan fingerprint density at radius 1 is 1.20 bits per heavy atom. The van der Waals surface area contributed by atoms with Gasteiger partial charge in [0.15, 0.2) is 6.10 Å². The number of aliphatic carboxylic acids is 1. The quantitative estimate of drug-likeness (QED) is 0.734. The van der Waals surface area contributed by atoms with Crippen LogP contribution < -0.4 is 11.1 Å². The molecule has 106 valence electrons. The summed E-state index contributed by atoms with van der Waals surface area (Å²) >= 11 is 0. The molecule has 2 rings (SSSR count). The highest BCUT2D eigenvalue weighted by Gasteiger charge is 2.34. The molecule has 0 aromatic heterocycles. The third-order valence-corrected chi connectivity index (χ3v) is 3.04. The van der Waals surface area contributed by atoms with Gasteiger partial charge in [0.1, 0.15) is 6.10 Å². The average Bonchev–Trinajstić information content (AvgIpc) is 2.89. The minimum absolute atomic E-state index is 0.189. The standard InChI is InChI=1S/C13H14N2O5/c14-11(16)7-3-1-2-4-8(7)15-12(17)9-5-6-10(20-9)13(18)19/h1-4,9-10H,5-6H2,(H2,14,16)(H,15,17)(H,18,19). The smallest absolute Gasteiger partial charge is 0.332 e. The van der Waals surface area contributed by atoms with Gasteiger partial charge >= 0.3 is 5.97 Å². The number of hydrogen-bond acceptors (Lipinski definition) is 4. The van der Waals surface area contributed by atoms with Gasteiger partial charge in [-0.15, -0.1) is 0 Å². The van der Waals surface area contributed by atoms with E-state index in [4.69, 9.17) is 15.6 Å². The summed E-state index contributed by atoms with van der Waals surface area (Å²) in [4.78, 5) is 34.0. The number of carboxylic acids is 1. The normalized spacial score (nSPS) is 21.4. The first-order chi connectivity index (χ1) is 9.49. The first-order valence-electron chi connectivity index (χ1n) is 6.07. The van der Waals surface area contributed by atoms with Gasteiger partial charge in [0.2, 0.25) is 0 Å². The van der Waals surface area contributed by atoms with E-state index in [0.29, 0.717) is 6.42 Å². The Morgan fingerprint density at radius 3 is 2.45 bits per heavy atom. The van der Waals surface area contributed by atoms with Crippen LogP contribution in [0.25, 0.3) is 0 Å². The van der Waals surface area contributed by atoms with E-state index in [-0.39, 0.29) is 17.7 Å². The Hall–Kier alpha value is -2.41. The van der Waals surface area contributed by atoms with E-state index in [1.165, 1.54) is 6.07 Å². The molecule has 1 aromatic rings. The van der Waals surface area contributed by atoms with Crippen LogP contribution in [0.15, 0.2) is 24.3 Å². The fourth-order valence-electron chi connectivity index (χ4n) is 2.03. The minimum Gasteiger partial charge on any atom is -0.479 e. The van der Waals surface area contributed by atoms with Crippen molar-refractivity contribution in [2.24, 2.45) is 5.73 Å². The van der Waals surface area contributed by atoms with Crippen LogP contribution >= 0.6 is 0 Å². The van der Waals surface area contributed by atoms with Gasteiger partial charge in [-0.25, -0.2) is 4.79 Å². The van der Waals surface area contributed by atoms with Crippen molar-refractivity contribution in [2.75, 3.05) is 5.32 Å². The lowest BCUT2D eigenvalue weighted by Gasteiger charge is -2.13. The van der Waals surface area contributed by atoms with E-state index in [0.717, 1.165) is 0 Å². The molecule has 1 fully saturated rings. The zero-order valence-corrected chi connectivity index (χ0v) is 10.5. The van der Waals surface area contributed by atoms with Crippen LogP contribution in [0.4, 0.5) is 5.69 Å². The van der Waals surface area contributed by atoms with E-state index in [1.54, 1.807) is 18.2 Å². The molecule has 4 N–H and O–H groups in total. The fraction of sp³-hybridized carbons (Fsp3) is 0.308. The number of ether oxygens (including phenoxy) is 1. The van der Waals surface area contributed by atoms with Crippen LogP contribution in [-0.2, 0) is 14.3 Å². The molecule has 1 heterocycles. The third kappa shape index (κ3) is 2.94. The SMILES string of the molecule is NC(=O)c1ccccc1NC(=O)C1CCC(C(=O)O)O1. The summed E-state index contributed by atoms with van der Waals surface area (Å²) in [7, 11) is 0. The van der Waals surface area contributed by atoms with Crippen molar-refractivity contribution in [1.29, 1.82) is 0 Å². The zero-order chi connectivity index (χ0) is 14.7. The van der Waals surface area contributed by atoms with Gasteiger partial charge in [-0.05, 0) is 25.0 Å². The fourth-order valence-corrected chi connectivity index (χ4v) is 2.03. The van der Waals surface area contributed by atoms with Crippen LogP contribution in [0.1, 0.15) is 23.2 Å². The number of carbonyl (C=O) groups excluding carboxylic acids is 2. The molecule has 1 aliphatic rings. The van der Waals surface area contributed by atoms with Gasteiger partial charge in [0.05, 0.1) is 11.3 Å². The Kier molecular flexibility index (Phi) is 3.99. The van der Waals surface area contributed by atoms with E-state index in [9.17, 15) is 14.4 Å². The van der Waals surface area contributed by atoms with Gasteiger partial charge in [-0.2, -0.15) is 0 Å². The van der Waals surface area contributed by atoms with E-state index < -0.39 is 30.0 Å². The van der Waals surface area contributed by atoms with Crippen LogP contribution in [0.5, 0.6) is 0 Å². The molecular formula is C13H14N2O5. The maximum atomic E-state index is 12.0. The number of rotatable bonds is 4. The average molecular weight is 278 g/mol. The molecule has 1 aromatic carbocycles. The molecule has 0 spiro atoms. The van der Waals surface area contributed by atoms with E-state index >= 15 is 0 Å². The maximum Gasteiger partial charge on any atom is 0.332 e. The monoisotopic (exact) mass is 278 g/mol. The number of carboxylic acid groups (broad SMARTS) is 1. The molecule has 2 amide bonds. The maximum absolute atomic E-state index is 12.0. The second kappa shape index (κ2) is 5.70. The summed E-state index contributed by atoms with van der Waals surface area (Å²) < 4.78 is 5.13. The molecule has 1 aliphatic heterocycles. The Morgan fingerprint density at radius 2 is 1.85 bits per heavy atom. The Bertz CT molecular complexity index is 557. The lowest BCUT2D eigenvalue weighted by molar-refractivity contribution is -0.150. The highest BCUT2D eigenvalue weighted by Crippen LogP contribution is 2.22. The number of nitrogens with two attached hydrogens (primary N) is 1. The van der Waals surface area contributed by atoms with Gasteiger partial charge in [0.25, 0.3) is 11.8 Å². The summed E-state index contributed by atoms with van der Waals surface area (Å²) in [6, 6.07) is 6.31. The summed E-state index contributed by atoms with van der Waals surface area (Å²) in [5, 5.41) is 11.3. The molecule has 0 bridgehead atoms. The summed E-state index contributed by atoms with van der Waals surface area (Å²) in [5.41, 5.74) is 5.68. The first kappa shape index (κ1) is 14.0. The summed E-state index contributed by atoms with van der Waals surface area (Å²) in [6.07, 6.45) is -1.19. The number of para-hydroxylation sites is 1. The minimum atomic E-state index is -1.09. The van der Waals surface area contributed by atoms with Crippen molar-refractivity contribution < 1.29 is 24.2 Å². The predicted molar refractivity (Wildman–Crippen MR) is 69.1 cm³/mol. The van der Waals surface area contributed by atoms with Crippen molar-refractivity contribution in [3.05, 3.63) is 29.8 Å². The molecule has 20 heavy (non-hydrogen) atoms. The number of benzene rings is 1. The number of hydrogen-bond donors (Lipinski definition) is 3. The number of amides is 2. The topological polar surface area (TPSA) is 119 Å². The van der Waals surface area contributed by atoms with E-state index in [2.05, 4.69) is 5.32 Å². The van der Waals surface area contributed by atoms with Crippen LogP contribution in [0, 0.1) is 0 Å². The zero-order valence-electron chi connectivity index (χ0n) is 10.5. The van der Waals surface area contributed by atoms with Crippen molar-refractivity contribution in [3.8, 4) is 0 Å². The highest BCUT2D eigenvalue weighted by molar-refractivity contribution is 6.04. The summed E-state index contributed by atoms with van der Waals surface area (Å²) in [6.45, 7) is 0. The first-order valence-corrected chi connectivity index (χ1v) is 6.07. The molecule has 0 aliphatic carbocycles. The van der Waals surface area contributed by atoms with Crippen LogP contribution in [-0.4, -0.2) is 35.1 Å². The number of nitrogens with one attached hydrogen (secondary N) is 1. The Labute approximate surface area is 114 Å². The van der Waals surface area contributed by atoms with Gasteiger partial charge in [-0.3, -0.25) is 9.59 Å². The molecule has 2 unspecified atom stereocenters. The van der Waals surface area contributed by atoms with Crippen LogP contribution in [0.2, 0.25) is 0 Å². The van der Waals surface area contributed by atoms with Crippen molar-refractivity contribution >= 4 is 23.5 Å². The molecule has 2 atom stereocenters. The molecule has 1 saturated heterocycles. The number of anilines is 1. The van der Waals surface area contributed by atoms with Crippen LogP contribution in [0.3, 0.4) is 0 Å². The number of carbonyl (C=O) groups is 3. The van der Waals surface area contributed by atoms with Gasteiger partial charge in [0, 0.05) is 0 Å². The van der Waals surface area contributed by atoms with Crippen molar-refractivity contribution in [3.63, 3.8) is 0 Å². The second-order valence-electron chi connectivity index (χ2n) is 4.43. The van der Waals surface area contributed by atoms with Crippen molar-refractivity contribution in [2.45, 2.75) is 25.0 Å². The lowest BCUT2D eigenvalue weighted by atomic mass is 10.1. The molecule has 0 saturated carbocycles. The predicted octanol–water partition coefficient (Wildman–Crippen LogP) is 0.356. The largest absolute Gasteiger partial charge is 0.479 e. The van der Waals surface area contributed by atoms with E-state index in [1.807, 2.05) is 0 Å². The second-order valence-corrected chi connectivity index (χ2v) is 4.43. The highest BCUT2D eigenvalue weighted by atomic mass is 16.5. The molecule has 7 nitrogen and oxygen atoms in total.